The predicted octanol–water partition coefficient (Wildman–Crippen LogP) is 2.86. The zero-order valence-electron chi connectivity index (χ0n) is 13.6. The number of hydrogen-bond donors (Lipinski definition) is 1. The number of aliphatic hydroxyl groups excluding tert-OH is 1. The fraction of sp³-hybridized carbons (Fsp3) is 0.421. The highest BCUT2D eigenvalue weighted by molar-refractivity contribution is 5.33. The number of para-hydroxylation sites is 1. The third-order valence-corrected chi connectivity index (χ3v) is 4.41. The molecule has 0 radical (unpaired) electrons. The van der Waals surface area contributed by atoms with Gasteiger partial charge in [-0.1, -0.05) is 31.2 Å². The maximum Gasteiger partial charge on any atom is 0.130 e. The largest absolute Gasteiger partial charge is 0.487 e. The molecule has 1 N–H and O–H groups in total. The molecule has 0 aliphatic carbocycles. The number of likely N-dealkylation sites (tertiary alicyclic amines) is 1. The molecule has 0 bridgehead atoms. The summed E-state index contributed by atoms with van der Waals surface area (Å²) in [6.45, 7) is 5.30. The molecule has 2 heterocycles. The first kappa shape index (κ1) is 16.0. The van der Waals surface area contributed by atoms with E-state index in [2.05, 4.69) is 22.9 Å². The molecule has 0 spiro atoms. The van der Waals surface area contributed by atoms with Crippen LogP contribution in [0.25, 0.3) is 0 Å². The van der Waals surface area contributed by atoms with Gasteiger partial charge in [-0.2, -0.15) is 0 Å². The second-order valence-electron chi connectivity index (χ2n) is 6.29. The average Bonchev–Trinajstić information content (AvgIpc) is 2.58. The quantitative estimate of drug-likeness (QED) is 0.922. The van der Waals surface area contributed by atoms with E-state index >= 15 is 0 Å². The Hall–Kier alpha value is -1.91. The summed E-state index contributed by atoms with van der Waals surface area (Å²) in [7, 11) is 0. The number of piperidine rings is 1. The van der Waals surface area contributed by atoms with Crippen molar-refractivity contribution >= 4 is 0 Å². The van der Waals surface area contributed by atoms with Crippen LogP contribution >= 0.6 is 0 Å². The van der Waals surface area contributed by atoms with Crippen molar-refractivity contribution in [3.63, 3.8) is 0 Å². The molecule has 1 aromatic carbocycles. The van der Waals surface area contributed by atoms with Crippen LogP contribution in [-0.2, 0) is 13.2 Å². The highest BCUT2D eigenvalue weighted by Gasteiger charge is 2.24. The summed E-state index contributed by atoms with van der Waals surface area (Å²) in [4.78, 5) is 6.68. The fourth-order valence-corrected chi connectivity index (χ4v) is 3.01. The van der Waals surface area contributed by atoms with Gasteiger partial charge in [0, 0.05) is 31.4 Å². The van der Waals surface area contributed by atoms with Crippen molar-refractivity contribution in [3.8, 4) is 5.75 Å². The van der Waals surface area contributed by atoms with Crippen molar-refractivity contribution in [1.29, 1.82) is 0 Å². The lowest BCUT2D eigenvalue weighted by Gasteiger charge is -2.34. The lowest BCUT2D eigenvalue weighted by atomic mass is 9.96. The molecule has 1 aliphatic heterocycles. The second-order valence-corrected chi connectivity index (χ2v) is 6.29. The Morgan fingerprint density at radius 2 is 2.04 bits per heavy atom. The van der Waals surface area contributed by atoms with Crippen LogP contribution in [0.1, 0.15) is 24.6 Å². The number of nitrogens with zero attached hydrogens (tertiary/aromatic N) is 2. The van der Waals surface area contributed by atoms with Crippen LogP contribution in [-0.4, -0.2) is 34.2 Å². The van der Waals surface area contributed by atoms with E-state index in [0.29, 0.717) is 12.5 Å². The standard InChI is InChI=1S/C19H24N2O2/c1-15-12-21(11-9-18(15)22)13-16-6-2-3-8-19(16)23-14-17-7-4-5-10-20-17/h2-8,10,15,18,22H,9,11-14H2,1H3/t15-,18-/m0/s1. The zero-order valence-corrected chi connectivity index (χ0v) is 13.6. The summed E-state index contributed by atoms with van der Waals surface area (Å²) in [5, 5.41) is 9.87. The molecule has 4 nitrogen and oxygen atoms in total. The minimum absolute atomic E-state index is 0.165. The van der Waals surface area contributed by atoms with E-state index in [0.717, 1.165) is 37.5 Å². The number of aliphatic hydroxyl groups is 1. The number of benzene rings is 1. The van der Waals surface area contributed by atoms with Crippen molar-refractivity contribution in [3.05, 3.63) is 59.9 Å². The molecule has 0 saturated carbocycles. The van der Waals surface area contributed by atoms with Gasteiger partial charge in [-0.15, -0.1) is 0 Å². The summed E-state index contributed by atoms with van der Waals surface area (Å²) in [5.74, 6) is 1.24. The average molecular weight is 312 g/mol. The zero-order chi connectivity index (χ0) is 16.1. The van der Waals surface area contributed by atoms with Gasteiger partial charge in [0.25, 0.3) is 0 Å². The Morgan fingerprint density at radius 3 is 2.83 bits per heavy atom. The lowest BCUT2D eigenvalue weighted by Crippen LogP contribution is -2.41. The van der Waals surface area contributed by atoms with Crippen LogP contribution in [0.15, 0.2) is 48.7 Å². The van der Waals surface area contributed by atoms with Crippen molar-refractivity contribution in [1.82, 2.24) is 9.88 Å². The van der Waals surface area contributed by atoms with Gasteiger partial charge in [0.15, 0.2) is 0 Å². The Bertz CT molecular complexity index is 618. The Kier molecular flexibility index (Phi) is 5.26. The first-order valence-corrected chi connectivity index (χ1v) is 8.23. The van der Waals surface area contributed by atoms with E-state index in [-0.39, 0.29) is 6.10 Å². The normalized spacial score (nSPS) is 22.0. The lowest BCUT2D eigenvalue weighted by molar-refractivity contribution is 0.0317. The number of ether oxygens (including phenoxy) is 1. The van der Waals surface area contributed by atoms with Crippen molar-refractivity contribution in [2.75, 3.05) is 13.1 Å². The van der Waals surface area contributed by atoms with Gasteiger partial charge >= 0.3 is 0 Å². The minimum Gasteiger partial charge on any atom is -0.487 e. The minimum atomic E-state index is -0.165. The number of hydrogen-bond acceptors (Lipinski definition) is 4. The first-order chi connectivity index (χ1) is 11.2. The molecule has 1 saturated heterocycles. The maximum absolute atomic E-state index is 9.87. The fourth-order valence-electron chi connectivity index (χ4n) is 3.01. The van der Waals surface area contributed by atoms with E-state index in [9.17, 15) is 5.11 Å². The highest BCUT2D eigenvalue weighted by atomic mass is 16.5. The SMILES string of the molecule is C[C@H]1CN(Cc2ccccc2OCc2ccccn2)CC[C@@H]1O. The van der Waals surface area contributed by atoms with E-state index in [1.807, 2.05) is 36.4 Å². The predicted molar refractivity (Wildman–Crippen MR) is 90.1 cm³/mol. The summed E-state index contributed by atoms with van der Waals surface area (Å²) in [5.41, 5.74) is 2.11. The summed E-state index contributed by atoms with van der Waals surface area (Å²) < 4.78 is 5.97. The molecule has 0 unspecified atom stereocenters. The van der Waals surface area contributed by atoms with E-state index in [1.165, 1.54) is 5.56 Å². The Morgan fingerprint density at radius 1 is 1.22 bits per heavy atom. The van der Waals surface area contributed by atoms with Crippen LogP contribution in [0.2, 0.25) is 0 Å². The van der Waals surface area contributed by atoms with Crippen molar-refractivity contribution < 1.29 is 9.84 Å². The van der Waals surface area contributed by atoms with E-state index < -0.39 is 0 Å². The molecule has 2 aromatic rings. The topological polar surface area (TPSA) is 45.6 Å². The molecule has 1 fully saturated rings. The van der Waals surface area contributed by atoms with Gasteiger partial charge in [-0.25, -0.2) is 0 Å². The molecule has 3 rings (SSSR count). The van der Waals surface area contributed by atoms with Gasteiger partial charge in [0.1, 0.15) is 12.4 Å². The van der Waals surface area contributed by atoms with Gasteiger partial charge in [-0.3, -0.25) is 9.88 Å². The van der Waals surface area contributed by atoms with E-state index in [1.54, 1.807) is 6.20 Å². The smallest absolute Gasteiger partial charge is 0.130 e. The van der Waals surface area contributed by atoms with Gasteiger partial charge in [0.05, 0.1) is 11.8 Å². The molecule has 2 atom stereocenters. The summed E-state index contributed by atoms with van der Waals surface area (Å²) in [6, 6.07) is 14.0. The van der Waals surface area contributed by atoms with Crippen LogP contribution in [0, 0.1) is 5.92 Å². The van der Waals surface area contributed by atoms with Gasteiger partial charge in [-0.05, 0) is 30.5 Å². The second kappa shape index (κ2) is 7.57. The number of aromatic nitrogens is 1. The third kappa shape index (κ3) is 4.30. The molecule has 23 heavy (non-hydrogen) atoms. The number of rotatable bonds is 5. The van der Waals surface area contributed by atoms with Crippen molar-refractivity contribution in [2.45, 2.75) is 32.6 Å². The van der Waals surface area contributed by atoms with Gasteiger partial charge in [0.2, 0.25) is 0 Å². The van der Waals surface area contributed by atoms with Crippen LogP contribution in [0.3, 0.4) is 0 Å². The molecular weight excluding hydrogens is 288 g/mol. The van der Waals surface area contributed by atoms with Crippen LogP contribution in [0.4, 0.5) is 0 Å². The van der Waals surface area contributed by atoms with Gasteiger partial charge < -0.3 is 9.84 Å². The first-order valence-electron chi connectivity index (χ1n) is 8.23. The molecule has 1 aromatic heterocycles. The summed E-state index contributed by atoms with van der Waals surface area (Å²) >= 11 is 0. The number of pyridine rings is 1. The monoisotopic (exact) mass is 312 g/mol. The third-order valence-electron chi connectivity index (χ3n) is 4.41. The van der Waals surface area contributed by atoms with E-state index in [4.69, 9.17) is 4.74 Å². The van der Waals surface area contributed by atoms with Crippen molar-refractivity contribution in [2.24, 2.45) is 5.92 Å². The molecule has 4 heteroatoms. The van der Waals surface area contributed by atoms with Crippen LogP contribution < -0.4 is 4.74 Å². The molecule has 122 valence electrons. The van der Waals surface area contributed by atoms with Crippen LogP contribution in [0.5, 0.6) is 5.75 Å². The Labute approximate surface area is 137 Å². The maximum atomic E-state index is 9.87. The highest BCUT2D eigenvalue weighted by Crippen LogP contribution is 2.24. The molecular formula is C19H24N2O2. The molecule has 1 aliphatic rings. The summed E-state index contributed by atoms with van der Waals surface area (Å²) in [6.07, 6.45) is 2.46. The Balaban J connectivity index is 1.64. The molecule has 0 amide bonds.